The van der Waals surface area contributed by atoms with E-state index in [1.165, 1.54) is 23.1 Å². The summed E-state index contributed by atoms with van der Waals surface area (Å²) >= 11 is 4.37. The molecule has 0 radical (unpaired) electrons. The summed E-state index contributed by atoms with van der Waals surface area (Å²) in [4.78, 5) is 17.4. The van der Waals surface area contributed by atoms with Crippen molar-refractivity contribution in [3.63, 3.8) is 0 Å². The number of hydrogen-bond acceptors (Lipinski definition) is 8. The third-order valence-corrected chi connectivity index (χ3v) is 5.88. The molecule has 0 aliphatic heterocycles. The molecule has 3 rings (SSSR count). The Morgan fingerprint density at radius 1 is 1.40 bits per heavy atom. The Balaban J connectivity index is 1.68. The van der Waals surface area contributed by atoms with Gasteiger partial charge < -0.3 is 10.1 Å². The number of methoxy groups -OCH3 is 1. The van der Waals surface area contributed by atoms with E-state index in [0.29, 0.717) is 23.4 Å². The van der Waals surface area contributed by atoms with Crippen LogP contribution in [0, 0.1) is 6.92 Å². The van der Waals surface area contributed by atoms with Crippen molar-refractivity contribution >= 4 is 45.5 Å². The number of rotatable bonds is 8. The first-order valence-corrected chi connectivity index (χ1v) is 10.2. The standard InChI is InChI=1S/C15H17N5O2S3/c1-10-8-24-14(16-10)17-12(21)9-25-15-19-18-13(11-4-3-7-23-11)20(15)5-6-22-2/h3-4,7-8H,5-6,9H2,1-2H3,(H,16,17,21). The van der Waals surface area contributed by atoms with E-state index < -0.39 is 0 Å². The lowest BCUT2D eigenvalue weighted by atomic mass is 10.4. The van der Waals surface area contributed by atoms with Gasteiger partial charge in [-0.25, -0.2) is 4.98 Å². The molecule has 0 aliphatic carbocycles. The van der Waals surface area contributed by atoms with Crippen molar-refractivity contribution in [1.29, 1.82) is 0 Å². The van der Waals surface area contributed by atoms with Crippen molar-refractivity contribution in [3.05, 3.63) is 28.6 Å². The second-order valence-electron chi connectivity index (χ2n) is 5.06. The molecule has 0 atom stereocenters. The zero-order valence-electron chi connectivity index (χ0n) is 13.8. The number of aryl methyl sites for hydroxylation is 1. The maximum atomic E-state index is 12.1. The van der Waals surface area contributed by atoms with E-state index >= 15 is 0 Å². The van der Waals surface area contributed by atoms with Crippen molar-refractivity contribution in [2.45, 2.75) is 18.6 Å². The maximum absolute atomic E-state index is 12.1. The number of thiophene rings is 1. The minimum Gasteiger partial charge on any atom is -0.383 e. The summed E-state index contributed by atoms with van der Waals surface area (Å²) < 4.78 is 7.17. The largest absolute Gasteiger partial charge is 0.383 e. The molecule has 1 N–H and O–H groups in total. The van der Waals surface area contributed by atoms with Gasteiger partial charge in [-0.05, 0) is 18.4 Å². The SMILES string of the molecule is COCCn1c(SCC(=O)Nc2nc(C)cs2)nnc1-c1cccs1. The molecule has 0 saturated heterocycles. The number of amides is 1. The summed E-state index contributed by atoms with van der Waals surface area (Å²) in [5.41, 5.74) is 0.896. The molecule has 3 heterocycles. The number of carbonyl (C=O) groups excluding carboxylic acids is 1. The van der Waals surface area contributed by atoms with Gasteiger partial charge in [-0.1, -0.05) is 17.8 Å². The molecule has 132 valence electrons. The van der Waals surface area contributed by atoms with Gasteiger partial charge in [-0.3, -0.25) is 9.36 Å². The van der Waals surface area contributed by atoms with Gasteiger partial charge in [0.2, 0.25) is 5.91 Å². The van der Waals surface area contributed by atoms with E-state index in [9.17, 15) is 4.79 Å². The molecule has 0 aromatic carbocycles. The van der Waals surface area contributed by atoms with Gasteiger partial charge in [0.15, 0.2) is 16.1 Å². The summed E-state index contributed by atoms with van der Waals surface area (Å²) in [6, 6.07) is 3.98. The lowest BCUT2D eigenvalue weighted by molar-refractivity contribution is -0.113. The van der Waals surface area contributed by atoms with Crippen LogP contribution in [0.4, 0.5) is 5.13 Å². The summed E-state index contributed by atoms with van der Waals surface area (Å²) in [5.74, 6) is 0.928. The molecule has 0 unspecified atom stereocenters. The average Bonchev–Trinajstić information content (AvgIpc) is 3.31. The highest BCUT2D eigenvalue weighted by atomic mass is 32.2. The van der Waals surface area contributed by atoms with Gasteiger partial charge in [-0.2, -0.15) is 0 Å². The number of nitrogens with zero attached hydrogens (tertiary/aromatic N) is 4. The van der Waals surface area contributed by atoms with Crippen molar-refractivity contribution in [2.75, 3.05) is 24.8 Å². The molecule has 3 aromatic rings. The summed E-state index contributed by atoms with van der Waals surface area (Å²) in [7, 11) is 1.66. The van der Waals surface area contributed by atoms with Crippen LogP contribution < -0.4 is 5.32 Å². The first-order valence-electron chi connectivity index (χ1n) is 7.48. The van der Waals surface area contributed by atoms with Gasteiger partial charge in [0.1, 0.15) is 0 Å². The number of aromatic nitrogens is 4. The van der Waals surface area contributed by atoms with Gasteiger partial charge in [-0.15, -0.1) is 32.9 Å². The third-order valence-electron chi connectivity index (χ3n) is 3.18. The van der Waals surface area contributed by atoms with Crippen LogP contribution in [0.15, 0.2) is 28.0 Å². The zero-order valence-corrected chi connectivity index (χ0v) is 16.2. The van der Waals surface area contributed by atoms with Gasteiger partial charge in [0.05, 0.1) is 29.5 Å². The monoisotopic (exact) mass is 395 g/mol. The zero-order chi connectivity index (χ0) is 17.6. The molecule has 7 nitrogen and oxygen atoms in total. The van der Waals surface area contributed by atoms with Crippen LogP contribution in [0.2, 0.25) is 0 Å². The number of anilines is 1. The van der Waals surface area contributed by atoms with Crippen LogP contribution in [-0.2, 0) is 16.1 Å². The molecule has 0 spiro atoms. The number of ether oxygens (including phenoxy) is 1. The van der Waals surface area contributed by atoms with E-state index in [2.05, 4.69) is 20.5 Å². The van der Waals surface area contributed by atoms with E-state index in [-0.39, 0.29) is 11.7 Å². The Morgan fingerprint density at radius 2 is 2.28 bits per heavy atom. The van der Waals surface area contributed by atoms with Crippen LogP contribution in [0.1, 0.15) is 5.69 Å². The molecule has 0 fully saturated rings. The molecular weight excluding hydrogens is 378 g/mol. The lowest BCUT2D eigenvalue weighted by Crippen LogP contribution is -2.15. The molecule has 1 amide bonds. The fourth-order valence-electron chi connectivity index (χ4n) is 2.06. The Labute approximate surface area is 157 Å². The molecule has 10 heteroatoms. The molecule has 0 saturated carbocycles. The maximum Gasteiger partial charge on any atom is 0.236 e. The predicted octanol–water partition coefficient (Wildman–Crippen LogP) is 3.15. The number of hydrogen-bond donors (Lipinski definition) is 1. The first kappa shape index (κ1) is 18.1. The minimum absolute atomic E-state index is 0.113. The number of carbonyl (C=O) groups is 1. The molecular formula is C15H17N5O2S3. The van der Waals surface area contributed by atoms with Crippen molar-refractivity contribution in [2.24, 2.45) is 0 Å². The Bertz CT molecular complexity index is 828. The second kappa shape index (κ2) is 8.56. The van der Waals surface area contributed by atoms with Crippen LogP contribution in [0.25, 0.3) is 10.7 Å². The lowest BCUT2D eigenvalue weighted by Gasteiger charge is -2.08. The predicted molar refractivity (Wildman–Crippen MR) is 101 cm³/mol. The highest BCUT2D eigenvalue weighted by Gasteiger charge is 2.16. The highest BCUT2D eigenvalue weighted by Crippen LogP contribution is 2.27. The smallest absolute Gasteiger partial charge is 0.236 e. The third kappa shape index (κ3) is 4.66. The minimum atomic E-state index is -0.113. The fourth-order valence-corrected chi connectivity index (χ4v) is 4.25. The Kier molecular flexibility index (Phi) is 6.19. The van der Waals surface area contributed by atoms with E-state index in [1.807, 2.05) is 34.4 Å². The Hall–Kier alpha value is -1.75. The van der Waals surface area contributed by atoms with Gasteiger partial charge in [0, 0.05) is 12.5 Å². The van der Waals surface area contributed by atoms with Crippen molar-refractivity contribution in [3.8, 4) is 10.7 Å². The van der Waals surface area contributed by atoms with Crippen LogP contribution in [0.3, 0.4) is 0 Å². The summed E-state index contributed by atoms with van der Waals surface area (Å²) in [6.45, 7) is 3.08. The summed E-state index contributed by atoms with van der Waals surface area (Å²) in [6.07, 6.45) is 0. The molecule has 3 aromatic heterocycles. The van der Waals surface area contributed by atoms with Crippen LogP contribution in [-0.4, -0.2) is 45.1 Å². The fraction of sp³-hybridized carbons (Fsp3) is 0.333. The number of thioether (sulfide) groups is 1. The normalized spacial score (nSPS) is 11.0. The first-order chi connectivity index (χ1) is 12.2. The van der Waals surface area contributed by atoms with Gasteiger partial charge >= 0.3 is 0 Å². The van der Waals surface area contributed by atoms with E-state index in [1.54, 1.807) is 18.4 Å². The van der Waals surface area contributed by atoms with E-state index in [0.717, 1.165) is 16.4 Å². The Morgan fingerprint density at radius 3 is 2.96 bits per heavy atom. The summed E-state index contributed by atoms with van der Waals surface area (Å²) in [5, 5.41) is 16.5. The second-order valence-corrected chi connectivity index (χ2v) is 7.81. The van der Waals surface area contributed by atoms with E-state index in [4.69, 9.17) is 4.74 Å². The quantitative estimate of drug-likeness (QED) is 0.590. The van der Waals surface area contributed by atoms with Crippen LogP contribution >= 0.6 is 34.4 Å². The molecule has 25 heavy (non-hydrogen) atoms. The topological polar surface area (TPSA) is 81.9 Å². The highest BCUT2D eigenvalue weighted by molar-refractivity contribution is 7.99. The van der Waals surface area contributed by atoms with Crippen molar-refractivity contribution in [1.82, 2.24) is 19.7 Å². The van der Waals surface area contributed by atoms with Crippen LogP contribution in [0.5, 0.6) is 0 Å². The average molecular weight is 396 g/mol. The number of nitrogens with one attached hydrogen (secondary N) is 1. The number of thiazole rings is 1. The van der Waals surface area contributed by atoms with Crippen molar-refractivity contribution < 1.29 is 9.53 Å². The molecule has 0 aliphatic rings. The van der Waals surface area contributed by atoms with Gasteiger partial charge in [0.25, 0.3) is 0 Å². The molecule has 0 bridgehead atoms.